The van der Waals surface area contributed by atoms with Crippen LogP contribution in [0.2, 0.25) is 0 Å². The molecule has 1 amide bonds. The molecule has 0 saturated heterocycles. The van der Waals surface area contributed by atoms with E-state index in [1.165, 1.54) is 12.1 Å². The van der Waals surface area contributed by atoms with E-state index in [0.29, 0.717) is 18.9 Å². The molecule has 0 aliphatic heterocycles. The standard InChI is InChI=1S/C20H24FNO2/c1-20(2,16-8-4-3-5-9-16)19(23)22-14-6-7-15-24-18-12-10-17(21)11-13-18/h3-5,8-13H,6-7,14-15H2,1-2H3,(H,22,23). The monoisotopic (exact) mass is 329 g/mol. The highest BCUT2D eigenvalue weighted by Crippen LogP contribution is 2.22. The minimum atomic E-state index is -0.550. The van der Waals surface area contributed by atoms with Gasteiger partial charge in [-0.3, -0.25) is 4.79 Å². The predicted octanol–water partition coefficient (Wildman–Crippen LogP) is 4.08. The minimum Gasteiger partial charge on any atom is -0.494 e. The third kappa shape index (κ3) is 5.08. The summed E-state index contributed by atoms with van der Waals surface area (Å²) in [6, 6.07) is 15.7. The topological polar surface area (TPSA) is 38.3 Å². The van der Waals surface area contributed by atoms with Crippen molar-refractivity contribution in [3.63, 3.8) is 0 Å². The van der Waals surface area contributed by atoms with E-state index in [-0.39, 0.29) is 11.7 Å². The first kappa shape index (κ1) is 18.0. The average molecular weight is 329 g/mol. The summed E-state index contributed by atoms with van der Waals surface area (Å²) in [7, 11) is 0. The maximum Gasteiger partial charge on any atom is 0.230 e. The van der Waals surface area contributed by atoms with Gasteiger partial charge in [-0.15, -0.1) is 0 Å². The fourth-order valence-corrected chi connectivity index (χ4v) is 2.36. The normalized spacial score (nSPS) is 11.1. The molecule has 4 heteroatoms. The van der Waals surface area contributed by atoms with Crippen LogP contribution in [0.1, 0.15) is 32.3 Å². The molecule has 0 aromatic heterocycles. The Bertz CT molecular complexity index is 638. The molecule has 128 valence electrons. The van der Waals surface area contributed by atoms with Gasteiger partial charge >= 0.3 is 0 Å². The van der Waals surface area contributed by atoms with E-state index in [2.05, 4.69) is 5.32 Å². The van der Waals surface area contributed by atoms with Crippen LogP contribution in [0.4, 0.5) is 4.39 Å². The molecule has 0 unspecified atom stereocenters. The molecule has 0 atom stereocenters. The summed E-state index contributed by atoms with van der Waals surface area (Å²) in [5.41, 5.74) is 0.452. The zero-order valence-corrected chi connectivity index (χ0v) is 14.2. The van der Waals surface area contributed by atoms with Crippen LogP contribution < -0.4 is 10.1 Å². The number of halogens is 1. The molecule has 0 aliphatic rings. The molecule has 0 spiro atoms. The van der Waals surface area contributed by atoms with E-state index < -0.39 is 5.41 Å². The number of hydrogen-bond acceptors (Lipinski definition) is 2. The summed E-state index contributed by atoms with van der Waals surface area (Å²) in [5, 5.41) is 2.98. The highest BCUT2D eigenvalue weighted by atomic mass is 19.1. The maximum absolute atomic E-state index is 12.8. The van der Waals surface area contributed by atoms with Gasteiger partial charge in [0.15, 0.2) is 0 Å². The van der Waals surface area contributed by atoms with Crippen LogP contribution >= 0.6 is 0 Å². The second-order valence-corrected chi connectivity index (χ2v) is 6.26. The number of benzene rings is 2. The highest BCUT2D eigenvalue weighted by Gasteiger charge is 2.28. The summed E-state index contributed by atoms with van der Waals surface area (Å²) in [4.78, 5) is 12.4. The first-order valence-corrected chi connectivity index (χ1v) is 8.22. The van der Waals surface area contributed by atoms with Crippen molar-refractivity contribution < 1.29 is 13.9 Å². The van der Waals surface area contributed by atoms with Gasteiger partial charge in [0.05, 0.1) is 12.0 Å². The Morgan fingerprint density at radius 3 is 2.38 bits per heavy atom. The van der Waals surface area contributed by atoms with E-state index >= 15 is 0 Å². The van der Waals surface area contributed by atoms with Gasteiger partial charge in [0.1, 0.15) is 11.6 Å². The van der Waals surface area contributed by atoms with Crippen LogP contribution in [0.25, 0.3) is 0 Å². The van der Waals surface area contributed by atoms with Crippen LogP contribution in [0, 0.1) is 5.82 Å². The Kier molecular flexibility index (Phi) is 6.36. The first-order chi connectivity index (χ1) is 11.5. The number of rotatable bonds is 8. The van der Waals surface area contributed by atoms with Gasteiger partial charge in [0.2, 0.25) is 5.91 Å². The van der Waals surface area contributed by atoms with E-state index in [0.717, 1.165) is 18.4 Å². The van der Waals surface area contributed by atoms with Crippen molar-refractivity contribution in [3.8, 4) is 5.75 Å². The summed E-state index contributed by atoms with van der Waals surface area (Å²) in [6.45, 7) is 5.01. The molecule has 0 bridgehead atoms. The molecule has 2 aromatic rings. The number of carbonyl (C=O) groups is 1. The summed E-state index contributed by atoms with van der Waals surface area (Å²) in [6.07, 6.45) is 1.65. The Labute approximate surface area is 142 Å². The number of nitrogens with one attached hydrogen (secondary N) is 1. The lowest BCUT2D eigenvalue weighted by molar-refractivity contribution is -0.125. The van der Waals surface area contributed by atoms with E-state index in [1.54, 1.807) is 12.1 Å². The number of amides is 1. The minimum absolute atomic E-state index is 0.0214. The fourth-order valence-electron chi connectivity index (χ4n) is 2.36. The number of unbranched alkanes of at least 4 members (excludes halogenated alkanes) is 1. The van der Waals surface area contributed by atoms with Gasteiger partial charge in [-0.25, -0.2) is 4.39 Å². The van der Waals surface area contributed by atoms with E-state index in [9.17, 15) is 9.18 Å². The summed E-state index contributed by atoms with van der Waals surface area (Å²) in [5.74, 6) is 0.407. The van der Waals surface area contributed by atoms with Gasteiger partial charge in [-0.05, 0) is 56.5 Å². The third-order valence-corrected chi connectivity index (χ3v) is 4.00. The lowest BCUT2D eigenvalue weighted by Crippen LogP contribution is -2.40. The van der Waals surface area contributed by atoms with Gasteiger partial charge in [0.25, 0.3) is 0 Å². The van der Waals surface area contributed by atoms with Gasteiger partial charge in [0, 0.05) is 6.54 Å². The summed E-state index contributed by atoms with van der Waals surface area (Å²) < 4.78 is 18.3. The highest BCUT2D eigenvalue weighted by molar-refractivity contribution is 5.87. The van der Waals surface area contributed by atoms with Crippen molar-refractivity contribution in [2.75, 3.05) is 13.2 Å². The molecule has 0 saturated carbocycles. The number of hydrogen-bond donors (Lipinski definition) is 1. The predicted molar refractivity (Wildman–Crippen MR) is 93.6 cm³/mol. The van der Waals surface area contributed by atoms with Crippen LogP contribution in [0.5, 0.6) is 5.75 Å². The van der Waals surface area contributed by atoms with Gasteiger partial charge in [-0.1, -0.05) is 30.3 Å². The molecule has 0 aliphatic carbocycles. The SMILES string of the molecule is CC(C)(C(=O)NCCCCOc1ccc(F)cc1)c1ccccc1. The molecule has 0 heterocycles. The van der Waals surface area contributed by atoms with Crippen molar-refractivity contribution >= 4 is 5.91 Å². The van der Waals surface area contributed by atoms with Gasteiger partial charge < -0.3 is 10.1 Å². The van der Waals surface area contributed by atoms with Crippen molar-refractivity contribution in [1.29, 1.82) is 0 Å². The van der Waals surface area contributed by atoms with Crippen molar-refractivity contribution in [2.24, 2.45) is 0 Å². The second kappa shape index (κ2) is 8.48. The van der Waals surface area contributed by atoms with Crippen molar-refractivity contribution in [3.05, 3.63) is 66.0 Å². The van der Waals surface area contributed by atoms with Crippen LogP contribution in [-0.4, -0.2) is 19.1 Å². The maximum atomic E-state index is 12.8. The molecule has 1 N–H and O–H groups in total. The average Bonchev–Trinajstić information content (AvgIpc) is 2.60. The zero-order valence-electron chi connectivity index (χ0n) is 14.2. The van der Waals surface area contributed by atoms with Crippen LogP contribution in [-0.2, 0) is 10.2 Å². The molecule has 3 nitrogen and oxygen atoms in total. The van der Waals surface area contributed by atoms with Gasteiger partial charge in [-0.2, -0.15) is 0 Å². The molecule has 24 heavy (non-hydrogen) atoms. The Hall–Kier alpha value is -2.36. The van der Waals surface area contributed by atoms with Crippen LogP contribution in [0.15, 0.2) is 54.6 Å². The second-order valence-electron chi connectivity index (χ2n) is 6.26. The number of ether oxygens (including phenoxy) is 1. The first-order valence-electron chi connectivity index (χ1n) is 8.22. The molecular weight excluding hydrogens is 305 g/mol. The molecule has 0 fully saturated rings. The van der Waals surface area contributed by atoms with Crippen molar-refractivity contribution in [1.82, 2.24) is 5.32 Å². The largest absolute Gasteiger partial charge is 0.494 e. The Morgan fingerprint density at radius 2 is 1.71 bits per heavy atom. The quantitative estimate of drug-likeness (QED) is 0.741. The molecule has 0 radical (unpaired) electrons. The molecule has 2 rings (SSSR count). The lowest BCUT2D eigenvalue weighted by atomic mass is 9.84. The van der Waals surface area contributed by atoms with Crippen LogP contribution in [0.3, 0.4) is 0 Å². The molecule has 2 aromatic carbocycles. The Balaban J connectivity index is 1.66. The lowest BCUT2D eigenvalue weighted by Gasteiger charge is -2.24. The van der Waals surface area contributed by atoms with Crippen molar-refractivity contribution in [2.45, 2.75) is 32.1 Å². The summed E-state index contributed by atoms with van der Waals surface area (Å²) >= 11 is 0. The Morgan fingerprint density at radius 1 is 1.04 bits per heavy atom. The zero-order chi connectivity index (χ0) is 17.4. The fraction of sp³-hybridized carbons (Fsp3) is 0.350. The third-order valence-electron chi connectivity index (χ3n) is 4.00. The molecular formula is C20H24FNO2. The van der Waals surface area contributed by atoms with E-state index in [1.807, 2.05) is 44.2 Å². The number of carbonyl (C=O) groups excluding carboxylic acids is 1. The van der Waals surface area contributed by atoms with E-state index in [4.69, 9.17) is 4.74 Å². The smallest absolute Gasteiger partial charge is 0.230 e.